The number of nitrogens with one attached hydrogen (secondary N) is 2. The summed E-state index contributed by atoms with van der Waals surface area (Å²) in [4.78, 5) is 27.7. The van der Waals surface area contributed by atoms with Crippen LogP contribution in [0, 0.1) is 0 Å². The van der Waals surface area contributed by atoms with Crippen LogP contribution in [0.25, 0.3) is 0 Å². The average Bonchev–Trinajstić information content (AvgIpc) is 3.17. The Labute approximate surface area is 114 Å². The lowest BCUT2D eigenvalue weighted by molar-refractivity contribution is -0.148. The molecule has 0 spiro atoms. The van der Waals surface area contributed by atoms with Gasteiger partial charge in [-0.3, -0.25) is 9.89 Å². The molecule has 1 saturated carbocycles. The predicted octanol–water partition coefficient (Wildman–Crippen LogP) is 0.0457. The lowest BCUT2D eigenvalue weighted by Gasteiger charge is -2.33. The van der Waals surface area contributed by atoms with E-state index in [1.165, 1.54) is 0 Å². The Kier molecular flexibility index (Phi) is 3.17. The van der Waals surface area contributed by atoms with Crippen LogP contribution in [0.2, 0.25) is 0 Å². The molecule has 0 atom stereocenters. The second kappa shape index (κ2) is 4.86. The Hall–Kier alpha value is -1.96. The van der Waals surface area contributed by atoms with Gasteiger partial charge >= 0.3 is 5.97 Å². The van der Waals surface area contributed by atoms with E-state index in [2.05, 4.69) is 20.5 Å². The van der Waals surface area contributed by atoms with Crippen molar-refractivity contribution >= 4 is 11.9 Å². The van der Waals surface area contributed by atoms with E-state index in [1.54, 1.807) is 0 Å². The van der Waals surface area contributed by atoms with Gasteiger partial charge in [0.05, 0.1) is 0 Å². The molecule has 1 aromatic rings. The van der Waals surface area contributed by atoms with E-state index in [-0.39, 0.29) is 18.7 Å². The number of nitrogens with zero attached hydrogens (tertiary/aromatic N) is 2. The molecule has 108 valence electrons. The maximum atomic E-state index is 12.1. The number of carbonyl (C=O) groups is 2. The van der Waals surface area contributed by atoms with E-state index in [9.17, 15) is 14.7 Å². The summed E-state index contributed by atoms with van der Waals surface area (Å²) in [6, 6.07) is 0. The standard InChI is InChI=1S/C12H16N4O4/c17-10(9-13-8(15-16-9)7-1-2-7)14-12(11(18)19)3-5-20-6-4-12/h7H,1-6H2,(H,14,17)(H,18,19)(H,13,15,16). The van der Waals surface area contributed by atoms with Crippen molar-refractivity contribution in [2.24, 2.45) is 0 Å². The van der Waals surface area contributed by atoms with E-state index in [4.69, 9.17) is 4.74 Å². The molecule has 2 aliphatic rings. The smallest absolute Gasteiger partial charge is 0.329 e. The van der Waals surface area contributed by atoms with E-state index >= 15 is 0 Å². The number of H-pyrrole nitrogens is 1. The normalized spacial score (nSPS) is 21.4. The van der Waals surface area contributed by atoms with Crippen LogP contribution in [0.15, 0.2) is 0 Å². The first-order valence-corrected chi connectivity index (χ1v) is 6.67. The first-order chi connectivity index (χ1) is 9.61. The Morgan fingerprint density at radius 3 is 2.65 bits per heavy atom. The minimum atomic E-state index is -1.28. The maximum absolute atomic E-state index is 12.1. The highest BCUT2D eigenvalue weighted by Crippen LogP contribution is 2.37. The molecule has 20 heavy (non-hydrogen) atoms. The van der Waals surface area contributed by atoms with Crippen LogP contribution in [-0.4, -0.2) is 50.9 Å². The third-order valence-corrected chi connectivity index (χ3v) is 3.78. The molecule has 0 unspecified atom stereocenters. The summed E-state index contributed by atoms with van der Waals surface area (Å²) in [6.45, 7) is 0.627. The lowest BCUT2D eigenvalue weighted by Crippen LogP contribution is -2.57. The minimum absolute atomic E-state index is 0.000910. The third kappa shape index (κ3) is 2.38. The van der Waals surface area contributed by atoms with E-state index in [1.807, 2.05) is 0 Å². The van der Waals surface area contributed by atoms with Crippen LogP contribution in [0.3, 0.4) is 0 Å². The van der Waals surface area contributed by atoms with Gasteiger partial charge in [-0.05, 0) is 12.8 Å². The number of ether oxygens (including phenoxy) is 1. The first kappa shape index (κ1) is 13.0. The summed E-state index contributed by atoms with van der Waals surface area (Å²) in [5.74, 6) is -0.546. The molecule has 8 nitrogen and oxygen atoms in total. The molecule has 3 N–H and O–H groups in total. The number of amides is 1. The predicted molar refractivity (Wildman–Crippen MR) is 66.2 cm³/mol. The van der Waals surface area contributed by atoms with Gasteiger partial charge in [0.2, 0.25) is 5.82 Å². The number of rotatable bonds is 4. The van der Waals surface area contributed by atoms with Crippen molar-refractivity contribution in [2.45, 2.75) is 37.1 Å². The van der Waals surface area contributed by atoms with Crippen molar-refractivity contribution in [1.82, 2.24) is 20.5 Å². The molecular weight excluding hydrogens is 264 g/mol. The molecule has 1 aliphatic heterocycles. The summed E-state index contributed by atoms with van der Waals surface area (Å²) in [7, 11) is 0. The van der Waals surface area contributed by atoms with Gasteiger partial charge in [-0.2, -0.15) is 0 Å². The SMILES string of the molecule is O=C(NC1(C(=O)O)CCOCC1)c1n[nH]c(C2CC2)n1. The highest BCUT2D eigenvalue weighted by atomic mass is 16.5. The van der Waals surface area contributed by atoms with Gasteiger partial charge in [0, 0.05) is 32.0 Å². The van der Waals surface area contributed by atoms with Gasteiger partial charge in [-0.15, -0.1) is 5.10 Å². The topological polar surface area (TPSA) is 117 Å². The van der Waals surface area contributed by atoms with Crippen molar-refractivity contribution in [1.29, 1.82) is 0 Å². The van der Waals surface area contributed by atoms with Gasteiger partial charge in [0.1, 0.15) is 11.4 Å². The van der Waals surface area contributed by atoms with Crippen LogP contribution in [-0.2, 0) is 9.53 Å². The zero-order valence-electron chi connectivity index (χ0n) is 10.9. The number of carbonyl (C=O) groups excluding carboxylic acids is 1. The second-order valence-corrected chi connectivity index (χ2v) is 5.27. The van der Waals surface area contributed by atoms with Crippen molar-refractivity contribution < 1.29 is 19.4 Å². The van der Waals surface area contributed by atoms with Crippen molar-refractivity contribution in [3.63, 3.8) is 0 Å². The zero-order valence-corrected chi connectivity index (χ0v) is 10.9. The molecule has 0 bridgehead atoms. The molecule has 1 aromatic heterocycles. The first-order valence-electron chi connectivity index (χ1n) is 6.67. The van der Waals surface area contributed by atoms with E-state index in [0.29, 0.717) is 25.0 Å². The molecule has 2 fully saturated rings. The van der Waals surface area contributed by atoms with Gasteiger partial charge in [0.25, 0.3) is 5.91 Å². The highest BCUT2D eigenvalue weighted by Gasteiger charge is 2.42. The Morgan fingerprint density at radius 1 is 1.35 bits per heavy atom. The molecule has 0 aromatic carbocycles. The van der Waals surface area contributed by atoms with Crippen LogP contribution < -0.4 is 5.32 Å². The molecule has 0 radical (unpaired) electrons. The third-order valence-electron chi connectivity index (χ3n) is 3.78. The van der Waals surface area contributed by atoms with Crippen molar-refractivity contribution in [2.75, 3.05) is 13.2 Å². The maximum Gasteiger partial charge on any atom is 0.329 e. The Balaban J connectivity index is 1.73. The number of carboxylic acids is 1. The number of aromatic nitrogens is 3. The zero-order chi connectivity index (χ0) is 14.2. The van der Waals surface area contributed by atoms with Crippen molar-refractivity contribution in [3.05, 3.63) is 11.6 Å². The monoisotopic (exact) mass is 280 g/mol. The van der Waals surface area contributed by atoms with Gasteiger partial charge in [0.15, 0.2) is 0 Å². The summed E-state index contributed by atoms with van der Waals surface area (Å²) in [6.07, 6.45) is 2.58. The second-order valence-electron chi connectivity index (χ2n) is 5.27. The lowest BCUT2D eigenvalue weighted by atomic mass is 9.90. The minimum Gasteiger partial charge on any atom is -0.480 e. The molecule has 1 saturated heterocycles. The Bertz CT molecular complexity index is 531. The van der Waals surface area contributed by atoms with Gasteiger partial charge in [-0.1, -0.05) is 0 Å². The molecule has 8 heteroatoms. The summed E-state index contributed by atoms with van der Waals surface area (Å²) in [5, 5.41) is 18.5. The van der Waals surface area contributed by atoms with E-state index < -0.39 is 17.4 Å². The number of aromatic amines is 1. The molecule has 2 heterocycles. The van der Waals surface area contributed by atoms with E-state index in [0.717, 1.165) is 12.8 Å². The Morgan fingerprint density at radius 2 is 2.05 bits per heavy atom. The van der Waals surface area contributed by atoms with Crippen LogP contribution in [0.4, 0.5) is 0 Å². The molecule has 1 aliphatic carbocycles. The molecular formula is C12H16N4O4. The number of carboxylic acid groups (broad SMARTS) is 1. The average molecular weight is 280 g/mol. The molecule has 3 rings (SSSR count). The van der Waals surface area contributed by atoms with Crippen LogP contribution in [0.1, 0.15) is 48.0 Å². The van der Waals surface area contributed by atoms with Gasteiger partial charge < -0.3 is 15.2 Å². The summed E-state index contributed by atoms with van der Waals surface area (Å²) < 4.78 is 5.15. The number of hydrogen-bond donors (Lipinski definition) is 3. The van der Waals surface area contributed by atoms with Crippen molar-refractivity contribution in [3.8, 4) is 0 Å². The number of aliphatic carboxylic acids is 1. The summed E-state index contributed by atoms with van der Waals surface area (Å²) >= 11 is 0. The van der Waals surface area contributed by atoms with Crippen LogP contribution in [0.5, 0.6) is 0 Å². The fourth-order valence-electron chi connectivity index (χ4n) is 2.30. The van der Waals surface area contributed by atoms with Crippen LogP contribution >= 0.6 is 0 Å². The summed E-state index contributed by atoms with van der Waals surface area (Å²) in [5.41, 5.74) is -1.28. The number of hydrogen-bond acceptors (Lipinski definition) is 5. The quantitative estimate of drug-likeness (QED) is 0.717. The molecule has 1 amide bonds. The fourth-order valence-corrected chi connectivity index (χ4v) is 2.30. The fraction of sp³-hybridized carbons (Fsp3) is 0.667. The van der Waals surface area contributed by atoms with Gasteiger partial charge in [-0.25, -0.2) is 9.78 Å². The highest BCUT2D eigenvalue weighted by molar-refractivity contribution is 5.95. The largest absolute Gasteiger partial charge is 0.480 e.